The fourth-order valence-electron chi connectivity index (χ4n) is 3.43. The summed E-state index contributed by atoms with van der Waals surface area (Å²) in [6, 6.07) is 2.81. The van der Waals surface area contributed by atoms with Crippen LogP contribution in [0.2, 0.25) is 0 Å². The Morgan fingerprint density at radius 3 is 2.85 bits per heavy atom. The number of nitrogens with one attached hydrogen (secondary N) is 1. The average molecular weight is 363 g/mol. The van der Waals surface area contributed by atoms with Crippen LogP contribution in [0, 0.1) is 17.6 Å². The van der Waals surface area contributed by atoms with Gasteiger partial charge in [0.1, 0.15) is 17.5 Å². The summed E-state index contributed by atoms with van der Waals surface area (Å²) in [4.78, 5) is 16.6. The van der Waals surface area contributed by atoms with Crippen molar-refractivity contribution in [2.24, 2.45) is 5.92 Å². The largest absolute Gasteiger partial charge is 0.393 e. The van der Waals surface area contributed by atoms with Crippen molar-refractivity contribution in [3.05, 3.63) is 53.6 Å². The highest BCUT2D eigenvalue weighted by Gasteiger charge is 2.36. The molecule has 0 radical (unpaired) electrons. The third kappa shape index (κ3) is 4.09. The molecule has 0 bridgehead atoms. The van der Waals surface area contributed by atoms with Crippen molar-refractivity contribution < 1.29 is 18.7 Å². The van der Waals surface area contributed by atoms with Gasteiger partial charge in [0.05, 0.1) is 12.1 Å². The van der Waals surface area contributed by atoms with Crippen molar-refractivity contribution in [2.45, 2.75) is 51.3 Å². The molecule has 1 aliphatic carbocycles. The number of aromatic nitrogens is 2. The van der Waals surface area contributed by atoms with E-state index in [1.165, 1.54) is 12.1 Å². The Balaban J connectivity index is 1.68. The summed E-state index contributed by atoms with van der Waals surface area (Å²) >= 11 is 0. The maximum absolute atomic E-state index is 14.2. The van der Waals surface area contributed by atoms with E-state index < -0.39 is 23.8 Å². The van der Waals surface area contributed by atoms with Crippen LogP contribution in [0.5, 0.6) is 0 Å². The van der Waals surface area contributed by atoms with Crippen molar-refractivity contribution >= 4 is 5.91 Å². The maximum atomic E-state index is 14.2. The zero-order valence-electron chi connectivity index (χ0n) is 14.7. The minimum atomic E-state index is -0.681. The van der Waals surface area contributed by atoms with Crippen LogP contribution in [0.3, 0.4) is 0 Å². The number of imidazole rings is 1. The van der Waals surface area contributed by atoms with Crippen molar-refractivity contribution in [3.63, 3.8) is 0 Å². The molecule has 0 unspecified atom stereocenters. The lowest BCUT2D eigenvalue weighted by Crippen LogP contribution is -2.42. The Hall–Kier alpha value is -2.28. The second-order valence-corrected chi connectivity index (χ2v) is 6.74. The molecule has 1 heterocycles. The molecule has 7 heteroatoms. The number of halogens is 2. The van der Waals surface area contributed by atoms with Crippen LogP contribution in [0.15, 0.2) is 30.6 Å². The number of aliphatic hydroxyl groups excluding tert-OH is 1. The number of hydrogen-bond donors (Lipinski definition) is 2. The number of carbonyl (C=O) groups excluding carboxylic acids is 1. The van der Waals surface area contributed by atoms with Gasteiger partial charge in [-0.1, -0.05) is 13.0 Å². The lowest BCUT2D eigenvalue weighted by Gasteiger charge is -2.38. The summed E-state index contributed by atoms with van der Waals surface area (Å²) in [5.41, 5.74) is 0.258. The van der Waals surface area contributed by atoms with Crippen molar-refractivity contribution in [3.8, 4) is 0 Å². The number of amides is 1. The van der Waals surface area contributed by atoms with E-state index in [2.05, 4.69) is 10.3 Å². The van der Waals surface area contributed by atoms with Gasteiger partial charge in [-0.15, -0.1) is 0 Å². The highest BCUT2D eigenvalue weighted by atomic mass is 19.1. The standard InChI is InChI=1S/C19H23F2N3O2/c1-2-17-22-6-8-24(17)7-5-18(26)23-19(12-9-14(25)10-12)15-4-3-13(20)11-16(15)21/h3-4,6,8,11-12,14,19,25H,2,5,7,9-10H2,1H3,(H,23,26)/t12?,14?,19-/m1/s1. The summed E-state index contributed by atoms with van der Waals surface area (Å²) in [7, 11) is 0. The van der Waals surface area contributed by atoms with Gasteiger partial charge in [-0.25, -0.2) is 13.8 Å². The van der Waals surface area contributed by atoms with Gasteiger partial charge in [0.2, 0.25) is 5.91 Å². The molecule has 2 N–H and O–H groups in total. The van der Waals surface area contributed by atoms with Gasteiger partial charge in [0, 0.05) is 43.4 Å². The first kappa shape index (κ1) is 18.5. The number of nitrogens with zero attached hydrogens (tertiary/aromatic N) is 2. The third-order valence-corrected chi connectivity index (χ3v) is 4.93. The predicted octanol–water partition coefficient (Wildman–Crippen LogP) is 2.74. The van der Waals surface area contributed by atoms with E-state index in [4.69, 9.17) is 0 Å². The molecule has 0 saturated heterocycles. The fraction of sp³-hybridized carbons (Fsp3) is 0.474. The van der Waals surface area contributed by atoms with Gasteiger partial charge in [0.25, 0.3) is 0 Å². The molecule has 0 spiro atoms. The van der Waals surface area contributed by atoms with E-state index in [1.807, 2.05) is 17.7 Å². The molecule has 26 heavy (non-hydrogen) atoms. The zero-order chi connectivity index (χ0) is 18.7. The van der Waals surface area contributed by atoms with Crippen molar-refractivity contribution in [1.82, 2.24) is 14.9 Å². The second-order valence-electron chi connectivity index (χ2n) is 6.74. The van der Waals surface area contributed by atoms with Crippen LogP contribution in [-0.4, -0.2) is 26.7 Å². The first-order valence-corrected chi connectivity index (χ1v) is 8.90. The van der Waals surface area contributed by atoms with Gasteiger partial charge < -0.3 is 15.0 Å². The minimum absolute atomic E-state index is 0.0617. The molecule has 1 saturated carbocycles. The SMILES string of the molecule is CCc1nccn1CCC(=O)N[C@@H](c1ccc(F)cc1F)C1CC(O)C1. The highest BCUT2D eigenvalue weighted by molar-refractivity contribution is 5.76. The number of rotatable bonds is 7. The number of aryl methyl sites for hydroxylation is 2. The van der Waals surface area contributed by atoms with Gasteiger partial charge >= 0.3 is 0 Å². The van der Waals surface area contributed by atoms with Gasteiger partial charge in [-0.3, -0.25) is 4.79 Å². The first-order chi connectivity index (χ1) is 12.5. The molecule has 1 fully saturated rings. The molecule has 1 aliphatic rings. The smallest absolute Gasteiger partial charge is 0.222 e. The topological polar surface area (TPSA) is 67.2 Å². The summed E-state index contributed by atoms with van der Waals surface area (Å²) in [5.74, 6) is -0.706. The number of hydrogen-bond acceptors (Lipinski definition) is 3. The van der Waals surface area contributed by atoms with E-state index in [0.717, 1.165) is 18.3 Å². The third-order valence-electron chi connectivity index (χ3n) is 4.93. The average Bonchev–Trinajstić information content (AvgIpc) is 3.03. The van der Waals surface area contributed by atoms with E-state index in [-0.39, 0.29) is 23.8 Å². The highest BCUT2D eigenvalue weighted by Crippen LogP contribution is 2.39. The molecule has 2 aromatic rings. The summed E-state index contributed by atoms with van der Waals surface area (Å²) in [6.07, 6.45) is 5.08. The molecule has 1 aromatic heterocycles. The Morgan fingerprint density at radius 1 is 1.42 bits per heavy atom. The molecule has 3 rings (SSSR count). The summed E-state index contributed by atoms with van der Waals surface area (Å²) in [5, 5.41) is 12.4. The maximum Gasteiger partial charge on any atom is 0.222 e. The van der Waals surface area contributed by atoms with Crippen LogP contribution in [0.25, 0.3) is 0 Å². The van der Waals surface area contributed by atoms with Crippen LogP contribution in [0.4, 0.5) is 8.78 Å². The lowest BCUT2D eigenvalue weighted by atomic mass is 9.75. The number of benzene rings is 1. The van der Waals surface area contributed by atoms with Crippen molar-refractivity contribution in [2.75, 3.05) is 0 Å². The molecule has 5 nitrogen and oxygen atoms in total. The predicted molar refractivity (Wildman–Crippen MR) is 92.2 cm³/mol. The van der Waals surface area contributed by atoms with E-state index in [9.17, 15) is 18.7 Å². The molecule has 140 valence electrons. The van der Waals surface area contributed by atoms with Gasteiger partial charge in [0.15, 0.2) is 0 Å². The van der Waals surface area contributed by atoms with Crippen LogP contribution in [0.1, 0.15) is 43.6 Å². The zero-order valence-corrected chi connectivity index (χ0v) is 14.7. The quantitative estimate of drug-likeness (QED) is 0.795. The molecular weight excluding hydrogens is 340 g/mol. The summed E-state index contributed by atoms with van der Waals surface area (Å²) < 4.78 is 29.3. The van der Waals surface area contributed by atoms with Crippen molar-refractivity contribution in [1.29, 1.82) is 0 Å². The van der Waals surface area contributed by atoms with Crippen LogP contribution in [-0.2, 0) is 17.8 Å². The van der Waals surface area contributed by atoms with E-state index in [0.29, 0.717) is 19.4 Å². The second kappa shape index (κ2) is 7.95. The Morgan fingerprint density at radius 2 is 2.19 bits per heavy atom. The number of aliphatic hydroxyl groups is 1. The lowest BCUT2D eigenvalue weighted by molar-refractivity contribution is -0.123. The Bertz CT molecular complexity index is 772. The van der Waals surface area contributed by atoms with E-state index in [1.54, 1.807) is 6.20 Å². The molecule has 1 aromatic carbocycles. The minimum Gasteiger partial charge on any atom is -0.393 e. The Kier molecular flexibility index (Phi) is 5.66. The van der Waals surface area contributed by atoms with Gasteiger partial charge in [-0.05, 0) is 24.8 Å². The summed E-state index contributed by atoms with van der Waals surface area (Å²) in [6.45, 7) is 2.48. The molecule has 1 amide bonds. The fourth-order valence-corrected chi connectivity index (χ4v) is 3.43. The monoisotopic (exact) mass is 363 g/mol. The van der Waals surface area contributed by atoms with Crippen LogP contribution >= 0.6 is 0 Å². The molecule has 1 atom stereocenters. The molecule has 0 aliphatic heterocycles. The molecular formula is C19H23F2N3O2. The number of carbonyl (C=O) groups is 1. The Labute approximate surface area is 151 Å². The normalized spacial score (nSPS) is 20.5. The van der Waals surface area contributed by atoms with Gasteiger partial charge in [-0.2, -0.15) is 0 Å². The van der Waals surface area contributed by atoms with E-state index >= 15 is 0 Å². The first-order valence-electron chi connectivity index (χ1n) is 8.90. The van der Waals surface area contributed by atoms with Crippen LogP contribution < -0.4 is 5.32 Å².